The molecule has 0 aliphatic carbocycles. The normalized spacial score (nSPS) is 11.0. The van der Waals surface area contributed by atoms with E-state index in [4.69, 9.17) is 4.42 Å². The van der Waals surface area contributed by atoms with Gasteiger partial charge in [-0.25, -0.2) is 4.79 Å². The molecule has 0 fully saturated rings. The zero-order valence-electron chi connectivity index (χ0n) is 13.8. The van der Waals surface area contributed by atoms with E-state index in [1.54, 1.807) is 19.2 Å². The van der Waals surface area contributed by atoms with Gasteiger partial charge in [-0.15, -0.1) is 10.2 Å². The van der Waals surface area contributed by atoms with Gasteiger partial charge in [0, 0.05) is 22.8 Å². The third-order valence-electron chi connectivity index (χ3n) is 3.89. The topological polar surface area (TPSA) is 101 Å². The number of aryl methyl sites for hydroxylation is 1. The molecule has 3 aromatic heterocycles. The van der Waals surface area contributed by atoms with Gasteiger partial charge in [-0.2, -0.15) is 0 Å². The van der Waals surface area contributed by atoms with Crippen molar-refractivity contribution in [1.82, 2.24) is 15.2 Å². The third-order valence-corrected chi connectivity index (χ3v) is 4.76. The molecule has 7 nitrogen and oxygen atoms in total. The van der Waals surface area contributed by atoms with Gasteiger partial charge in [-0.3, -0.25) is 4.98 Å². The molecule has 0 aliphatic heterocycles. The van der Waals surface area contributed by atoms with Gasteiger partial charge >= 0.3 is 5.63 Å². The summed E-state index contributed by atoms with van der Waals surface area (Å²) < 4.78 is 5.44. The average molecular weight is 366 g/mol. The zero-order chi connectivity index (χ0) is 18.1. The largest absolute Gasteiger partial charge is 0.420 e. The molecule has 0 unspecified atom stereocenters. The van der Waals surface area contributed by atoms with E-state index in [1.807, 2.05) is 30.3 Å². The maximum Gasteiger partial charge on any atom is 0.346 e. The van der Waals surface area contributed by atoms with E-state index < -0.39 is 5.63 Å². The van der Waals surface area contributed by atoms with E-state index >= 15 is 0 Å². The van der Waals surface area contributed by atoms with Gasteiger partial charge in [0.25, 0.3) is 0 Å². The van der Waals surface area contributed by atoms with Crippen LogP contribution in [0.2, 0.25) is 0 Å². The van der Waals surface area contributed by atoms with E-state index in [-0.39, 0.29) is 6.61 Å². The van der Waals surface area contributed by atoms with E-state index in [1.165, 1.54) is 11.3 Å². The van der Waals surface area contributed by atoms with Crippen LogP contribution in [0.3, 0.4) is 0 Å². The highest BCUT2D eigenvalue weighted by molar-refractivity contribution is 7.18. The molecule has 0 atom stereocenters. The predicted molar refractivity (Wildman–Crippen MR) is 99.6 cm³/mol. The number of rotatable bonds is 4. The minimum absolute atomic E-state index is 0.201. The molecule has 0 saturated heterocycles. The molecule has 0 saturated carbocycles. The lowest BCUT2D eigenvalue weighted by molar-refractivity contribution is 0.282. The van der Waals surface area contributed by atoms with Crippen LogP contribution in [0.4, 0.5) is 10.8 Å². The quantitative estimate of drug-likeness (QED) is 0.572. The van der Waals surface area contributed by atoms with Gasteiger partial charge in [0.2, 0.25) is 5.13 Å². The Balaban J connectivity index is 1.77. The minimum Gasteiger partial charge on any atom is -0.420 e. The Labute approximate surface area is 152 Å². The van der Waals surface area contributed by atoms with Gasteiger partial charge in [-0.1, -0.05) is 29.5 Å². The Bertz CT molecular complexity index is 1140. The second-order valence-electron chi connectivity index (χ2n) is 5.62. The Morgan fingerprint density at radius 2 is 2.04 bits per heavy atom. The molecule has 0 radical (unpaired) electrons. The number of pyridine rings is 1. The molecule has 0 bridgehead atoms. The smallest absolute Gasteiger partial charge is 0.346 e. The molecule has 0 amide bonds. The second kappa shape index (κ2) is 6.66. The van der Waals surface area contributed by atoms with Crippen LogP contribution in [0.1, 0.15) is 11.3 Å². The van der Waals surface area contributed by atoms with E-state index in [0.717, 1.165) is 5.69 Å². The molecule has 0 aliphatic rings. The van der Waals surface area contributed by atoms with Crippen LogP contribution < -0.4 is 10.9 Å². The maximum absolute atomic E-state index is 12.4. The van der Waals surface area contributed by atoms with Crippen LogP contribution in [0.15, 0.2) is 51.8 Å². The molecule has 130 valence electrons. The highest BCUT2D eigenvalue weighted by Crippen LogP contribution is 2.29. The minimum atomic E-state index is -0.514. The lowest BCUT2D eigenvalue weighted by atomic mass is 10.1. The van der Waals surface area contributed by atoms with Crippen molar-refractivity contribution in [3.8, 4) is 10.6 Å². The summed E-state index contributed by atoms with van der Waals surface area (Å²) in [7, 11) is 0. The van der Waals surface area contributed by atoms with Crippen LogP contribution in [0.25, 0.3) is 21.5 Å². The lowest BCUT2D eigenvalue weighted by Crippen LogP contribution is -2.05. The van der Waals surface area contributed by atoms with Crippen LogP contribution in [0, 0.1) is 6.92 Å². The second-order valence-corrected chi connectivity index (χ2v) is 6.60. The van der Waals surface area contributed by atoms with E-state index in [9.17, 15) is 9.90 Å². The molecule has 8 heteroatoms. The van der Waals surface area contributed by atoms with Crippen molar-refractivity contribution in [3.05, 3.63) is 64.3 Å². The number of benzene rings is 1. The van der Waals surface area contributed by atoms with Crippen molar-refractivity contribution in [3.63, 3.8) is 0 Å². The van der Waals surface area contributed by atoms with E-state index in [2.05, 4.69) is 20.5 Å². The first-order valence-electron chi connectivity index (χ1n) is 7.85. The van der Waals surface area contributed by atoms with Crippen LogP contribution in [-0.2, 0) is 6.61 Å². The number of anilines is 2. The van der Waals surface area contributed by atoms with Crippen molar-refractivity contribution in [1.29, 1.82) is 0 Å². The maximum atomic E-state index is 12.4. The Morgan fingerprint density at radius 1 is 1.23 bits per heavy atom. The summed E-state index contributed by atoms with van der Waals surface area (Å²) in [4.78, 5) is 16.6. The SMILES string of the molecule is Cc1ncc(CO)c2cc(-c3nnc(Nc4ccccc4)s3)c(=O)oc12. The molecule has 4 aromatic rings. The van der Waals surface area contributed by atoms with Crippen molar-refractivity contribution < 1.29 is 9.52 Å². The Hall–Kier alpha value is -3.10. The predicted octanol–water partition coefficient (Wildman–Crippen LogP) is 3.25. The third kappa shape index (κ3) is 2.96. The summed E-state index contributed by atoms with van der Waals surface area (Å²) >= 11 is 1.25. The Kier molecular flexibility index (Phi) is 4.19. The fourth-order valence-electron chi connectivity index (χ4n) is 2.58. The molecule has 26 heavy (non-hydrogen) atoms. The van der Waals surface area contributed by atoms with Gasteiger partial charge in [0.05, 0.1) is 17.9 Å². The number of aromatic nitrogens is 3. The van der Waals surface area contributed by atoms with E-state index in [0.29, 0.717) is 37.9 Å². The molecule has 0 spiro atoms. The van der Waals surface area contributed by atoms with Crippen molar-refractivity contribution in [2.45, 2.75) is 13.5 Å². The van der Waals surface area contributed by atoms with Crippen LogP contribution in [-0.4, -0.2) is 20.3 Å². The molecule has 4 rings (SSSR count). The summed E-state index contributed by atoms with van der Waals surface area (Å²) in [5.74, 6) is 0. The van der Waals surface area contributed by atoms with Crippen LogP contribution in [0.5, 0.6) is 0 Å². The first-order chi connectivity index (χ1) is 12.7. The first kappa shape index (κ1) is 16.4. The summed E-state index contributed by atoms with van der Waals surface area (Å²) in [5.41, 5.74) is 2.21. The van der Waals surface area contributed by atoms with Crippen LogP contribution >= 0.6 is 11.3 Å². The van der Waals surface area contributed by atoms with Crippen molar-refractivity contribution in [2.24, 2.45) is 0 Å². The number of nitrogens with zero attached hydrogens (tertiary/aromatic N) is 3. The van der Waals surface area contributed by atoms with Gasteiger partial charge < -0.3 is 14.8 Å². The number of hydrogen-bond acceptors (Lipinski definition) is 8. The first-order valence-corrected chi connectivity index (χ1v) is 8.66. The monoisotopic (exact) mass is 366 g/mol. The molecule has 3 heterocycles. The number of aliphatic hydroxyl groups excluding tert-OH is 1. The van der Waals surface area contributed by atoms with Gasteiger partial charge in [0.1, 0.15) is 0 Å². The summed E-state index contributed by atoms with van der Waals surface area (Å²) in [5, 5.41) is 22.5. The zero-order valence-corrected chi connectivity index (χ0v) is 14.6. The number of fused-ring (bicyclic) bond motifs is 1. The number of para-hydroxylation sites is 1. The fourth-order valence-corrected chi connectivity index (χ4v) is 3.35. The lowest BCUT2D eigenvalue weighted by Gasteiger charge is -2.05. The Morgan fingerprint density at radius 3 is 2.81 bits per heavy atom. The summed E-state index contributed by atoms with van der Waals surface area (Å²) in [6.07, 6.45) is 1.57. The van der Waals surface area contributed by atoms with Gasteiger partial charge in [0.15, 0.2) is 10.6 Å². The average Bonchev–Trinajstić information content (AvgIpc) is 3.11. The highest BCUT2D eigenvalue weighted by Gasteiger charge is 2.16. The fraction of sp³-hybridized carbons (Fsp3) is 0.111. The van der Waals surface area contributed by atoms with Crippen molar-refractivity contribution >= 4 is 33.1 Å². The number of nitrogens with one attached hydrogen (secondary N) is 1. The van der Waals surface area contributed by atoms with Gasteiger partial charge in [-0.05, 0) is 25.1 Å². The summed E-state index contributed by atoms with van der Waals surface area (Å²) in [6.45, 7) is 1.55. The number of aliphatic hydroxyl groups is 1. The molecule has 2 N–H and O–H groups in total. The standard InChI is InChI=1S/C18H14N4O3S/c1-10-15-13(11(9-23)8-19-10)7-14(17(24)25-15)16-21-22-18(26-16)20-12-5-3-2-4-6-12/h2-8,23H,9H2,1H3,(H,20,22). The molecular formula is C18H14N4O3S. The number of hydrogen-bond donors (Lipinski definition) is 2. The van der Waals surface area contributed by atoms with Crippen molar-refractivity contribution in [2.75, 3.05) is 5.32 Å². The highest BCUT2D eigenvalue weighted by atomic mass is 32.1. The molecular weight excluding hydrogens is 352 g/mol. The summed E-state index contributed by atoms with van der Waals surface area (Å²) in [6, 6.07) is 11.2. The molecule has 1 aromatic carbocycles.